The van der Waals surface area contributed by atoms with Gasteiger partial charge < -0.3 is 14.8 Å². The van der Waals surface area contributed by atoms with Gasteiger partial charge in [-0.05, 0) is 31.2 Å². The first-order valence-corrected chi connectivity index (χ1v) is 8.96. The number of benzene rings is 2. The molecule has 0 spiro atoms. The van der Waals surface area contributed by atoms with Crippen LogP contribution in [0.1, 0.15) is 6.92 Å². The Balaban J connectivity index is 2.13. The molecule has 0 saturated heterocycles. The van der Waals surface area contributed by atoms with Gasteiger partial charge in [0.15, 0.2) is 11.5 Å². The van der Waals surface area contributed by atoms with Crippen LogP contribution in [0.15, 0.2) is 53.4 Å². The number of carbonyl (C=O) groups is 1. The van der Waals surface area contributed by atoms with Gasteiger partial charge in [0.1, 0.15) is 0 Å². The number of hydrogen-bond donors (Lipinski definition) is 2. The normalized spacial score (nSPS) is 12.3. The number of ether oxygens (including phenoxy) is 2. The molecule has 0 saturated carbocycles. The molecule has 0 bridgehead atoms. The summed E-state index contributed by atoms with van der Waals surface area (Å²) in [5.41, 5.74) is 0.588. The number of anilines is 1. The fourth-order valence-electron chi connectivity index (χ4n) is 2.11. The minimum Gasteiger partial charge on any atom is -0.493 e. The smallest absolute Gasteiger partial charge is 0.242 e. The third-order valence-electron chi connectivity index (χ3n) is 3.43. The Labute approximate surface area is 147 Å². The van der Waals surface area contributed by atoms with E-state index >= 15 is 0 Å². The van der Waals surface area contributed by atoms with Gasteiger partial charge in [-0.3, -0.25) is 4.79 Å². The topological polar surface area (TPSA) is 93.7 Å². The Morgan fingerprint density at radius 1 is 1.00 bits per heavy atom. The zero-order valence-corrected chi connectivity index (χ0v) is 15.0. The zero-order valence-electron chi connectivity index (χ0n) is 14.1. The van der Waals surface area contributed by atoms with Crippen LogP contribution in [0.2, 0.25) is 0 Å². The molecular formula is C17H20N2O5S. The number of rotatable bonds is 7. The largest absolute Gasteiger partial charge is 0.493 e. The van der Waals surface area contributed by atoms with Gasteiger partial charge in [-0.1, -0.05) is 18.2 Å². The summed E-state index contributed by atoms with van der Waals surface area (Å²) in [6.07, 6.45) is 0. The minimum absolute atomic E-state index is 0.0236. The molecule has 2 aromatic carbocycles. The van der Waals surface area contributed by atoms with Crippen LogP contribution < -0.4 is 19.5 Å². The highest BCUT2D eigenvalue weighted by Crippen LogP contribution is 2.29. The quantitative estimate of drug-likeness (QED) is 0.784. The van der Waals surface area contributed by atoms with Gasteiger partial charge >= 0.3 is 0 Å². The highest BCUT2D eigenvalue weighted by Gasteiger charge is 2.23. The summed E-state index contributed by atoms with van der Waals surface area (Å²) in [6, 6.07) is 12.0. The van der Waals surface area contributed by atoms with Crippen molar-refractivity contribution >= 4 is 21.6 Å². The Kier molecular flexibility index (Phi) is 6.00. The molecule has 2 N–H and O–H groups in total. The molecule has 0 heterocycles. The van der Waals surface area contributed by atoms with Gasteiger partial charge in [0.25, 0.3) is 0 Å². The summed E-state index contributed by atoms with van der Waals surface area (Å²) in [5, 5.41) is 2.65. The van der Waals surface area contributed by atoms with Gasteiger partial charge in [-0.2, -0.15) is 4.72 Å². The molecule has 0 unspecified atom stereocenters. The van der Waals surface area contributed by atoms with Crippen LogP contribution in [0.4, 0.5) is 5.69 Å². The maximum absolute atomic E-state index is 12.5. The standard InChI is InChI=1S/C17H20N2O5S/c1-12(17(20)18-13-7-5-4-6-8-13)19-25(21,22)14-9-10-15(23-2)16(11-14)24-3/h4-12,19H,1-3H3,(H,18,20)/t12-/m1/s1. The number of nitrogens with one attached hydrogen (secondary N) is 2. The highest BCUT2D eigenvalue weighted by atomic mass is 32.2. The number of sulfonamides is 1. The molecule has 25 heavy (non-hydrogen) atoms. The summed E-state index contributed by atoms with van der Waals surface area (Å²) in [6.45, 7) is 1.47. The van der Waals surface area contributed by atoms with E-state index in [2.05, 4.69) is 10.0 Å². The average Bonchev–Trinajstić information content (AvgIpc) is 2.61. The molecule has 2 rings (SSSR count). The van der Waals surface area contributed by atoms with E-state index in [-0.39, 0.29) is 10.6 Å². The molecule has 8 heteroatoms. The molecule has 7 nitrogen and oxygen atoms in total. The van der Waals surface area contributed by atoms with Crippen molar-refractivity contribution in [1.82, 2.24) is 4.72 Å². The minimum atomic E-state index is -3.90. The van der Waals surface area contributed by atoms with Crippen LogP contribution in [0, 0.1) is 0 Å². The summed E-state index contributed by atoms with van der Waals surface area (Å²) in [7, 11) is -1.03. The third-order valence-corrected chi connectivity index (χ3v) is 4.97. The molecule has 0 aliphatic carbocycles. The number of hydrogen-bond acceptors (Lipinski definition) is 5. The summed E-state index contributed by atoms with van der Waals surface area (Å²) < 4.78 is 37.5. The molecule has 1 amide bonds. The van der Waals surface area contributed by atoms with Gasteiger partial charge in [0.2, 0.25) is 15.9 Å². The van der Waals surface area contributed by atoms with Crippen LogP contribution in [0.5, 0.6) is 11.5 Å². The summed E-state index contributed by atoms with van der Waals surface area (Å²) in [4.78, 5) is 12.1. The number of carbonyl (C=O) groups excluding carboxylic acids is 1. The van der Waals surface area contributed by atoms with E-state index in [9.17, 15) is 13.2 Å². The van der Waals surface area contributed by atoms with Crippen molar-refractivity contribution in [3.05, 3.63) is 48.5 Å². The van der Waals surface area contributed by atoms with Crippen LogP contribution in [-0.4, -0.2) is 34.6 Å². The first kappa shape index (κ1) is 18.8. The van der Waals surface area contributed by atoms with E-state index in [0.29, 0.717) is 11.4 Å². The fourth-order valence-corrected chi connectivity index (χ4v) is 3.33. The lowest BCUT2D eigenvalue weighted by molar-refractivity contribution is -0.117. The van der Waals surface area contributed by atoms with Crippen molar-refractivity contribution in [1.29, 1.82) is 0 Å². The lowest BCUT2D eigenvalue weighted by atomic mass is 10.3. The van der Waals surface area contributed by atoms with Crippen molar-refractivity contribution in [2.75, 3.05) is 19.5 Å². The van der Waals surface area contributed by atoms with Crippen molar-refractivity contribution in [3.8, 4) is 11.5 Å². The van der Waals surface area contributed by atoms with Gasteiger partial charge in [-0.15, -0.1) is 0 Å². The predicted molar refractivity (Wildman–Crippen MR) is 94.4 cm³/mol. The second kappa shape index (κ2) is 8.00. The zero-order chi connectivity index (χ0) is 18.4. The van der Waals surface area contributed by atoms with Gasteiger partial charge in [0, 0.05) is 11.8 Å². The molecule has 0 fully saturated rings. The van der Waals surface area contributed by atoms with Crippen LogP contribution in [-0.2, 0) is 14.8 Å². The second-order valence-corrected chi connectivity index (χ2v) is 6.93. The van der Waals surface area contributed by atoms with Crippen molar-refractivity contribution in [2.45, 2.75) is 17.9 Å². The van der Waals surface area contributed by atoms with E-state index in [0.717, 1.165) is 0 Å². The van der Waals surface area contributed by atoms with Crippen LogP contribution in [0.25, 0.3) is 0 Å². The molecule has 0 radical (unpaired) electrons. The Hall–Kier alpha value is -2.58. The second-order valence-electron chi connectivity index (χ2n) is 5.22. The molecule has 2 aromatic rings. The van der Waals surface area contributed by atoms with Crippen molar-refractivity contribution in [2.24, 2.45) is 0 Å². The van der Waals surface area contributed by atoms with Crippen molar-refractivity contribution in [3.63, 3.8) is 0 Å². The molecule has 0 aliphatic heterocycles. The predicted octanol–water partition coefficient (Wildman–Crippen LogP) is 2.01. The first-order chi connectivity index (χ1) is 11.9. The number of methoxy groups -OCH3 is 2. The van der Waals surface area contributed by atoms with Crippen LogP contribution in [0.3, 0.4) is 0 Å². The Morgan fingerprint density at radius 3 is 2.24 bits per heavy atom. The van der Waals surface area contributed by atoms with E-state index in [1.165, 1.54) is 39.3 Å². The number of amides is 1. The summed E-state index contributed by atoms with van der Waals surface area (Å²) >= 11 is 0. The van der Waals surface area contributed by atoms with E-state index in [1.54, 1.807) is 24.3 Å². The van der Waals surface area contributed by atoms with Crippen LogP contribution >= 0.6 is 0 Å². The lowest BCUT2D eigenvalue weighted by Crippen LogP contribution is -2.41. The maximum Gasteiger partial charge on any atom is 0.242 e. The SMILES string of the molecule is COc1ccc(S(=O)(=O)N[C@H](C)C(=O)Nc2ccccc2)cc1OC. The third kappa shape index (κ3) is 4.71. The van der Waals surface area contributed by atoms with E-state index < -0.39 is 22.0 Å². The monoisotopic (exact) mass is 364 g/mol. The molecule has 0 aromatic heterocycles. The summed E-state index contributed by atoms with van der Waals surface area (Å²) in [5.74, 6) is 0.235. The Bertz CT molecular complexity index is 837. The van der Waals surface area contributed by atoms with E-state index in [4.69, 9.17) is 9.47 Å². The number of para-hydroxylation sites is 1. The molecule has 1 atom stereocenters. The van der Waals surface area contributed by atoms with Gasteiger partial charge in [0.05, 0.1) is 25.2 Å². The molecular weight excluding hydrogens is 344 g/mol. The maximum atomic E-state index is 12.5. The molecule has 0 aliphatic rings. The lowest BCUT2D eigenvalue weighted by Gasteiger charge is -2.15. The molecule has 134 valence electrons. The van der Waals surface area contributed by atoms with E-state index in [1.807, 2.05) is 6.07 Å². The Morgan fingerprint density at radius 2 is 1.64 bits per heavy atom. The fraction of sp³-hybridized carbons (Fsp3) is 0.235. The average molecular weight is 364 g/mol. The van der Waals surface area contributed by atoms with Crippen molar-refractivity contribution < 1.29 is 22.7 Å². The first-order valence-electron chi connectivity index (χ1n) is 7.47. The highest BCUT2D eigenvalue weighted by molar-refractivity contribution is 7.89. The van der Waals surface area contributed by atoms with Gasteiger partial charge in [-0.25, -0.2) is 8.42 Å².